The fraction of sp³-hybridized carbons (Fsp3) is 0.500. The molecule has 0 saturated carbocycles. The number of rotatable bonds is 1. The lowest BCUT2D eigenvalue weighted by Gasteiger charge is -2.33. The molecule has 1 saturated heterocycles. The predicted molar refractivity (Wildman–Crippen MR) is 66.5 cm³/mol. The fourth-order valence-electron chi connectivity index (χ4n) is 2.21. The minimum Gasteiger partial charge on any atom is -0.396 e. The maximum Gasteiger partial charge on any atom is 0.0741 e. The molecular formula is C12H17ClN2. The normalized spacial score (nSPS) is 21.7. The zero-order valence-electron chi connectivity index (χ0n) is 9.04. The summed E-state index contributed by atoms with van der Waals surface area (Å²) in [7, 11) is 0. The van der Waals surface area contributed by atoms with Crippen molar-refractivity contribution in [3.05, 3.63) is 23.2 Å². The Kier molecular flexibility index (Phi) is 3.06. The molecule has 1 atom stereocenters. The van der Waals surface area contributed by atoms with Crippen LogP contribution in [-0.4, -0.2) is 13.1 Å². The zero-order valence-corrected chi connectivity index (χ0v) is 9.80. The van der Waals surface area contributed by atoms with Crippen LogP contribution >= 0.6 is 11.6 Å². The molecule has 1 unspecified atom stereocenters. The maximum atomic E-state index is 6.02. The highest BCUT2D eigenvalue weighted by Crippen LogP contribution is 2.32. The van der Waals surface area contributed by atoms with Crippen molar-refractivity contribution in [2.45, 2.75) is 19.8 Å². The van der Waals surface area contributed by atoms with Gasteiger partial charge in [-0.3, -0.25) is 0 Å². The molecule has 0 radical (unpaired) electrons. The van der Waals surface area contributed by atoms with Gasteiger partial charge in [0.2, 0.25) is 0 Å². The monoisotopic (exact) mass is 224 g/mol. The fourth-order valence-corrected chi connectivity index (χ4v) is 2.38. The molecule has 2 N–H and O–H groups in total. The van der Waals surface area contributed by atoms with Crippen LogP contribution in [-0.2, 0) is 0 Å². The lowest BCUT2D eigenvalue weighted by atomic mass is 9.99. The molecule has 0 bridgehead atoms. The number of anilines is 2. The highest BCUT2D eigenvalue weighted by molar-refractivity contribution is 6.33. The molecule has 0 amide bonds. The molecule has 2 nitrogen and oxygen atoms in total. The van der Waals surface area contributed by atoms with Gasteiger partial charge in [0.05, 0.1) is 16.4 Å². The average Bonchev–Trinajstić information content (AvgIpc) is 2.22. The molecule has 1 aliphatic rings. The van der Waals surface area contributed by atoms with Crippen molar-refractivity contribution in [1.29, 1.82) is 0 Å². The Morgan fingerprint density at radius 2 is 2.27 bits per heavy atom. The van der Waals surface area contributed by atoms with E-state index in [0.717, 1.165) is 24.7 Å². The summed E-state index contributed by atoms with van der Waals surface area (Å²) in [6, 6.07) is 5.86. The van der Waals surface area contributed by atoms with E-state index in [1.807, 2.05) is 12.1 Å². The van der Waals surface area contributed by atoms with Crippen molar-refractivity contribution in [3.8, 4) is 0 Å². The molecule has 0 aliphatic carbocycles. The van der Waals surface area contributed by atoms with E-state index in [4.69, 9.17) is 17.3 Å². The minimum atomic E-state index is 0.658. The highest BCUT2D eigenvalue weighted by atomic mass is 35.5. The van der Waals surface area contributed by atoms with E-state index in [9.17, 15) is 0 Å². The van der Waals surface area contributed by atoms with E-state index in [1.54, 1.807) is 0 Å². The predicted octanol–water partition coefficient (Wildman–Crippen LogP) is 3.16. The second kappa shape index (κ2) is 4.31. The van der Waals surface area contributed by atoms with Gasteiger partial charge in [-0.05, 0) is 30.9 Å². The van der Waals surface area contributed by atoms with Gasteiger partial charge in [0.15, 0.2) is 0 Å². The van der Waals surface area contributed by atoms with Crippen LogP contribution in [0.15, 0.2) is 18.2 Å². The van der Waals surface area contributed by atoms with Crippen LogP contribution in [0.1, 0.15) is 19.8 Å². The molecule has 3 heteroatoms. The van der Waals surface area contributed by atoms with Gasteiger partial charge in [-0.2, -0.15) is 0 Å². The number of hydrogen-bond donors (Lipinski definition) is 1. The third kappa shape index (κ3) is 2.20. The number of para-hydroxylation sites is 1. The van der Waals surface area contributed by atoms with E-state index >= 15 is 0 Å². The Balaban J connectivity index is 2.24. The lowest BCUT2D eigenvalue weighted by Crippen LogP contribution is -2.34. The number of nitrogens with zero attached hydrogens (tertiary/aromatic N) is 1. The summed E-state index contributed by atoms with van der Waals surface area (Å²) >= 11 is 6.02. The first-order valence-electron chi connectivity index (χ1n) is 5.47. The Labute approximate surface area is 96.0 Å². The van der Waals surface area contributed by atoms with Crippen molar-refractivity contribution < 1.29 is 0 Å². The maximum absolute atomic E-state index is 6.02. The van der Waals surface area contributed by atoms with Crippen LogP contribution in [0.5, 0.6) is 0 Å². The van der Waals surface area contributed by atoms with Crippen LogP contribution < -0.4 is 10.6 Å². The molecule has 0 aromatic heterocycles. The lowest BCUT2D eigenvalue weighted by molar-refractivity contribution is 0.447. The van der Waals surface area contributed by atoms with Gasteiger partial charge in [0.25, 0.3) is 0 Å². The molecule has 0 spiro atoms. The van der Waals surface area contributed by atoms with Crippen LogP contribution in [0.3, 0.4) is 0 Å². The summed E-state index contributed by atoms with van der Waals surface area (Å²) in [6.45, 7) is 4.46. The first-order valence-corrected chi connectivity index (χ1v) is 5.85. The molecule has 2 rings (SSSR count). The summed E-state index contributed by atoms with van der Waals surface area (Å²) in [5.41, 5.74) is 7.79. The van der Waals surface area contributed by atoms with Gasteiger partial charge >= 0.3 is 0 Å². The van der Waals surface area contributed by atoms with Crippen molar-refractivity contribution in [3.63, 3.8) is 0 Å². The second-order valence-electron chi connectivity index (χ2n) is 4.37. The van der Waals surface area contributed by atoms with Crippen molar-refractivity contribution in [1.82, 2.24) is 0 Å². The van der Waals surface area contributed by atoms with E-state index in [-0.39, 0.29) is 0 Å². The third-order valence-electron chi connectivity index (χ3n) is 3.03. The van der Waals surface area contributed by atoms with Gasteiger partial charge in [-0.15, -0.1) is 0 Å². The van der Waals surface area contributed by atoms with E-state index in [2.05, 4.69) is 17.9 Å². The quantitative estimate of drug-likeness (QED) is 0.743. The Morgan fingerprint density at radius 3 is 3.00 bits per heavy atom. The summed E-state index contributed by atoms with van der Waals surface area (Å²) in [5.74, 6) is 0.747. The molecule has 1 fully saturated rings. The first-order chi connectivity index (χ1) is 7.18. The van der Waals surface area contributed by atoms with Crippen molar-refractivity contribution >= 4 is 23.0 Å². The largest absolute Gasteiger partial charge is 0.396 e. The topological polar surface area (TPSA) is 29.3 Å². The number of nitrogen functional groups attached to an aromatic ring is 1. The van der Waals surface area contributed by atoms with Crippen LogP contribution in [0.25, 0.3) is 0 Å². The standard InChI is InChI=1S/C12H17ClN2/c1-9-4-3-7-15(8-9)11-6-2-5-10(13)12(11)14/h2,5-6,9H,3-4,7-8,14H2,1H3. The van der Waals surface area contributed by atoms with E-state index in [0.29, 0.717) is 10.7 Å². The van der Waals surface area contributed by atoms with Gasteiger partial charge in [-0.25, -0.2) is 0 Å². The molecule has 15 heavy (non-hydrogen) atoms. The third-order valence-corrected chi connectivity index (χ3v) is 3.36. The van der Waals surface area contributed by atoms with Crippen molar-refractivity contribution in [2.24, 2.45) is 5.92 Å². The van der Waals surface area contributed by atoms with Gasteiger partial charge in [0, 0.05) is 13.1 Å². The smallest absolute Gasteiger partial charge is 0.0741 e. The van der Waals surface area contributed by atoms with Gasteiger partial charge in [0.1, 0.15) is 0 Å². The Morgan fingerprint density at radius 1 is 1.47 bits per heavy atom. The van der Waals surface area contributed by atoms with Crippen LogP contribution in [0, 0.1) is 5.92 Å². The van der Waals surface area contributed by atoms with Gasteiger partial charge in [-0.1, -0.05) is 24.6 Å². The minimum absolute atomic E-state index is 0.658. The van der Waals surface area contributed by atoms with Crippen LogP contribution in [0.2, 0.25) is 5.02 Å². The van der Waals surface area contributed by atoms with E-state index in [1.165, 1.54) is 12.8 Å². The SMILES string of the molecule is CC1CCCN(c2cccc(Cl)c2N)C1. The van der Waals surface area contributed by atoms with Gasteiger partial charge < -0.3 is 10.6 Å². The highest BCUT2D eigenvalue weighted by Gasteiger charge is 2.18. The number of piperidine rings is 1. The summed E-state index contributed by atoms with van der Waals surface area (Å²) in [4.78, 5) is 2.34. The second-order valence-corrected chi connectivity index (χ2v) is 4.77. The molecular weight excluding hydrogens is 208 g/mol. The number of benzene rings is 1. The number of halogens is 1. The molecule has 1 aromatic carbocycles. The van der Waals surface area contributed by atoms with E-state index < -0.39 is 0 Å². The Hall–Kier alpha value is -0.890. The molecule has 1 aliphatic heterocycles. The van der Waals surface area contributed by atoms with Crippen molar-refractivity contribution in [2.75, 3.05) is 23.7 Å². The molecule has 1 heterocycles. The summed E-state index contributed by atoms with van der Waals surface area (Å²) in [6.07, 6.45) is 2.56. The number of hydrogen-bond acceptors (Lipinski definition) is 2. The van der Waals surface area contributed by atoms with Crippen LogP contribution in [0.4, 0.5) is 11.4 Å². The molecule has 1 aromatic rings. The summed E-state index contributed by atoms with van der Waals surface area (Å²) in [5, 5.41) is 0.658. The molecule has 82 valence electrons. The summed E-state index contributed by atoms with van der Waals surface area (Å²) < 4.78 is 0. The average molecular weight is 225 g/mol. The zero-order chi connectivity index (χ0) is 10.8. The number of nitrogens with two attached hydrogens (primary N) is 1. The first kappa shape index (κ1) is 10.6. The Bertz CT molecular complexity index is 351.